The number of benzene rings is 2. The van der Waals surface area contributed by atoms with Crippen LogP contribution < -0.4 is 0 Å². The number of aliphatic hydroxyl groups excluding tert-OH is 1. The first-order valence-corrected chi connectivity index (χ1v) is 6.82. The minimum absolute atomic E-state index is 0.533. The number of rotatable bonds is 3. The van der Waals surface area contributed by atoms with Gasteiger partial charge in [-0.05, 0) is 34.9 Å². The molecule has 2 nitrogen and oxygen atoms in total. The van der Waals surface area contributed by atoms with Crippen molar-refractivity contribution in [2.45, 2.75) is 19.4 Å². The average molecular weight is 263 g/mol. The van der Waals surface area contributed by atoms with Crippen LogP contribution in [0, 0.1) is 6.92 Å². The van der Waals surface area contributed by atoms with Gasteiger partial charge in [-0.25, -0.2) is 0 Å². The maximum Gasteiger partial charge on any atom is 0.0851 e. The fourth-order valence-corrected chi connectivity index (χ4v) is 2.57. The van der Waals surface area contributed by atoms with E-state index in [-0.39, 0.29) is 0 Å². The lowest BCUT2D eigenvalue weighted by atomic mass is 9.97. The van der Waals surface area contributed by atoms with Gasteiger partial charge in [-0.15, -0.1) is 0 Å². The summed E-state index contributed by atoms with van der Waals surface area (Å²) >= 11 is 0. The molecular formula is C18H17NO. The molecule has 0 amide bonds. The van der Waals surface area contributed by atoms with E-state index in [1.54, 1.807) is 6.20 Å². The number of aryl methyl sites for hydroxylation is 1. The number of nitrogens with zero attached hydrogens (tertiary/aromatic N) is 1. The van der Waals surface area contributed by atoms with Crippen molar-refractivity contribution in [1.82, 2.24) is 4.98 Å². The first-order valence-electron chi connectivity index (χ1n) is 6.82. The Balaban J connectivity index is 1.97. The molecule has 1 heterocycles. The lowest BCUT2D eigenvalue weighted by molar-refractivity contribution is 0.178. The molecule has 1 atom stereocenters. The Bertz CT molecular complexity index is 731. The summed E-state index contributed by atoms with van der Waals surface area (Å²) in [5.74, 6) is 0. The van der Waals surface area contributed by atoms with Gasteiger partial charge in [0, 0.05) is 18.3 Å². The van der Waals surface area contributed by atoms with Crippen molar-refractivity contribution in [3.05, 3.63) is 77.6 Å². The van der Waals surface area contributed by atoms with E-state index in [1.807, 2.05) is 43.3 Å². The van der Waals surface area contributed by atoms with E-state index in [0.717, 1.165) is 27.6 Å². The number of aliphatic hydroxyl groups is 1. The molecule has 0 bridgehead atoms. The average Bonchev–Trinajstić information content (AvgIpc) is 2.49. The van der Waals surface area contributed by atoms with E-state index in [0.29, 0.717) is 6.42 Å². The fourth-order valence-electron chi connectivity index (χ4n) is 2.57. The van der Waals surface area contributed by atoms with Gasteiger partial charge in [-0.1, -0.05) is 48.5 Å². The Morgan fingerprint density at radius 2 is 1.80 bits per heavy atom. The molecular weight excluding hydrogens is 246 g/mol. The largest absolute Gasteiger partial charge is 0.388 e. The third kappa shape index (κ3) is 2.43. The van der Waals surface area contributed by atoms with E-state index >= 15 is 0 Å². The van der Waals surface area contributed by atoms with Gasteiger partial charge >= 0.3 is 0 Å². The van der Waals surface area contributed by atoms with Crippen LogP contribution >= 0.6 is 0 Å². The third-order valence-corrected chi connectivity index (χ3v) is 3.69. The molecule has 1 N–H and O–H groups in total. The second kappa shape index (κ2) is 5.43. The van der Waals surface area contributed by atoms with Gasteiger partial charge in [0.2, 0.25) is 0 Å². The molecule has 1 aromatic heterocycles. The summed E-state index contributed by atoms with van der Waals surface area (Å²) < 4.78 is 0. The highest BCUT2D eigenvalue weighted by atomic mass is 16.3. The van der Waals surface area contributed by atoms with Gasteiger partial charge in [-0.2, -0.15) is 0 Å². The quantitative estimate of drug-likeness (QED) is 0.779. The van der Waals surface area contributed by atoms with Crippen molar-refractivity contribution in [1.29, 1.82) is 0 Å². The van der Waals surface area contributed by atoms with Crippen LogP contribution in [-0.2, 0) is 6.42 Å². The molecule has 0 spiro atoms. The van der Waals surface area contributed by atoms with E-state index in [2.05, 4.69) is 23.2 Å². The Morgan fingerprint density at radius 3 is 2.65 bits per heavy atom. The summed E-state index contributed by atoms with van der Waals surface area (Å²) in [4.78, 5) is 4.36. The molecule has 0 radical (unpaired) electrons. The maximum atomic E-state index is 10.6. The van der Waals surface area contributed by atoms with E-state index in [1.165, 1.54) is 0 Å². The monoisotopic (exact) mass is 263 g/mol. The van der Waals surface area contributed by atoms with Crippen LogP contribution in [0.15, 0.2) is 60.8 Å². The lowest BCUT2D eigenvalue weighted by Crippen LogP contribution is -2.05. The Labute approximate surface area is 118 Å². The molecule has 0 aliphatic heterocycles. The van der Waals surface area contributed by atoms with E-state index in [4.69, 9.17) is 0 Å². The van der Waals surface area contributed by atoms with Crippen LogP contribution in [0.4, 0.5) is 0 Å². The zero-order valence-electron chi connectivity index (χ0n) is 11.5. The molecule has 0 saturated heterocycles. The molecule has 100 valence electrons. The highest BCUT2D eigenvalue weighted by Crippen LogP contribution is 2.26. The number of pyridine rings is 1. The molecule has 1 unspecified atom stereocenters. The van der Waals surface area contributed by atoms with Gasteiger partial charge in [0.1, 0.15) is 0 Å². The van der Waals surface area contributed by atoms with Gasteiger partial charge in [-0.3, -0.25) is 4.98 Å². The highest BCUT2D eigenvalue weighted by molar-refractivity contribution is 5.85. The van der Waals surface area contributed by atoms with Crippen LogP contribution in [0.25, 0.3) is 10.8 Å². The SMILES string of the molecule is Cc1cccnc1CC(O)c1cccc2ccccc12. The van der Waals surface area contributed by atoms with Crippen molar-refractivity contribution in [2.75, 3.05) is 0 Å². The van der Waals surface area contributed by atoms with Gasteiger partial charge < -0.3 is 5.11 Å². The van der Waals surface area contributed by atoms with Crippen molar-refractivity contribution in [3.8, 4) is 0 Å². The summed E-state index contributed by atoms with van der Waals surface area (Å²) in [5, 5.41) is 12.8. The molecule has 20 heavy (non-hydrogen) atoms. The predicted octanol–water partition coefficient (Wildman–Crippen LogP) is 3.82. The molecule has 2 aromatic carbocycles. The molecule has 2 heteroatoms. The number of aromatic nitrogens is 1. The summed E-state index contributed by atoms with van der Waals surface area (Å²) in [6.07, 6.45) is 1.79. The van der Waals surface area contributed by atoms with Crippen molar-refractivity contribution >= 4 is 10.8 Å². The van der Waals surface area contributed by atoms with Crippen LogP contribution in [0.3, 0.4) is 0 Å². The van der Waals surface area contributed by atoms with Crippen LogP contribution in [-0.4, -0.2) is 10.1 Å². The third-order valence-electron chi connectivity index (χ3n) is 3.69. The van der Waals surface area contributed by atoms with Gasteiger partial charge in [0.05, 0.1) is 6.10 Å². The standard InChI is InChI=1S/C18H17NO/c1-13-6-5-11-19-17(13)12-18(20)16-10-4-8-14-7-2-3-9-15(14)16/h2-11,18,20H,12H2,1H3. The Hall–Kier alpha value is -2.19. The van der Waals surface area contributed by atoms with Crippen molar-refractivity contribution in [3.63, 3.8) is 0 Å². The molecule has 3 rings (SSSR count). The Kier molecular flexibility index (Phi) is 3.48. The summed E-state index contributed by atoms with van der Waals surface area (Å²) in [6, 6.07) is 18.1. The van der Waals surface area contributed by atoms with Gasteiger partial charge in [0.25, 0.3) is 0 Å². The highest BCUT2D eigenvalue weighted by Gasteiger charge is 2.13. The molecule has 0 saturated carbocycles. The Morgan fingerprint density at radius 1 is 1.00 bits per heavy atom. The van der Waals surface area contributed by atoms with E-state index in [9.17, 15) is 5.11 Å². The number of hydrogen-bond acceptors (Lipinski definition) is 2. The number of fused-ring (bicyclic) bond motifs is 1. The normalized spacial score (nSPS) is 12.5. The smallest absolute Gasteiger partial charge is 0.0851 e. The van der Waals surface area contributed by atoms with Crippen molar-refractivity contribution < 1.29 is 5.11 Å². The summed E-state index contributed by atoms with van der Waals surface area (Å²) in [5.41, 5.74) is 3.04. The van der Waals surface area contributed by atoms with Crippen molar-refractivity contribution in [2.24, 2.45) is 0 Å². The molecule has 0 aliphatic rings. The second-order valence-electron chi connectivity index (χ2n) is 5.06. The summed E-state index contributed by atoms with van der Waals surface area (Å²) in [7, 11) is 0. The van der Waals surface area contributed by atoms with Crippen LogP contribution in [0.1, 0.15) is 22.9 Å². The van der Waals surface area contributed by atoms with Crippen LogP contribution in [0.5, 0.6) is 0 Å². The lowest BCUT2D eigenvalue weighted by Gasteiger charge is -2.14. The zero-order valence-corrected chi connectivity index (χ0v) is 11.5. The maximum absolute atomic E-state index is 10.6. The second-order valence-corrected chi connectivity index (χ2v) is 5.06. The van der Waals surface area contributed by atoms with Crippen LogP contribution in [0.2, 0.25) is 0 Å². The zero-order chi connectivity index (χ0) is 13.9. The topological polar surface area (TPSA) is 33.1 Å². The van der Waals surface area contributed by atoms with Gasteiger partial charge in [0.15, 0.2) is 0 Å². The van der Waals surface area contributed by atoms with E-state index < -0.39 is 6.10 Å². The first-order chi connectivity index (χ1) is 9.75. The number of hydrogen-bond donors (Lipinski definition) is 1. The minimum atomic E-state index is -0.533. The molecule has 0 aliphatic carbocycles. The minimum Gasteiger partial charge on any atom is -0.388 e. The molecule has 3 aromatic rings. The first kappa shape index (κ1) is 12.8. The summed E-state index contributed by atoms with van der Waals surface area (Å²) in [6.45, 7) is 2.03. The fraction of sp³-hybridized carbons (Fsp3) is 0.167. The predicted molar refractivity (Wildman–Crippen MR) is 81.6 cm³/mol. The molecule has 0 fully saturated rings.